The van der Waals surface area contributed by atoms with Crippen molar-refractivity contribution in [1.29, 1.82) is 0 Å². The summed E-state index contributed by atoms with van der Waals surface area (Å²) < 4.78 is 0. The minimum atomic E-state index is 0.607. The van der Waals surface area contributed by atoms with Crippen molar-refractivity contribution in [2.45, 2.75) is 50.3 Å². The van der Waals surface area contributed by atoms with Crippen LogP contribution in [0, 0.1) is 0 Å². The quantitative estimate of drug-likeness (QED) is 0.426. The minimum absolute atomic E-state index is 0.607. The van der Waals surface area contributed by atoms with Crippen LogP contribution in [0.3, 0.4) is 0 Å². The van der Waals surface area contributed by atoms with Crippen LogP contribution in [-0.2, 0) is 6.42 Å². The van der Waals surface area contributed by atoms with E-state index in [-0.39, 0.29) is 0 Å². The van der Waals surface area contributed by atoms with Gasteiger partial charge < -0.3 is 0 Å². The lowest BCUT2D eigenvalue weighted by atomic mass is 9.99. The number of unbranched alkanes of at least 4 members (excludes halogenated alkanes) is 3. The van der Waals surface area contributed by atoms with E-state index in [1.165, 1.54) is 48.4 Å². The molecule has 0 aliphatic heterocycles. The first-order valence-electron chi connectivity index (χ1n) is 7.42. The molecule has 2 aromatic rings. The number of rotatable bonds is 7. The molecule has 0 saturated carbocycles. The first-order chi connectivity index (χ1) is 9.31. The Balaban J connectivity index is 1.97. The molecule has 19 heavy (non-hydrogen) atoms. The Hall–Kier alpha value is -0.820. The van der Waals surface area contributed by atoms with Crippen molar-refractivity contribution in [3.8, 4) is 0 Å². The molecule has 0 aliphatic rings. The fourth-order valence-corrected chi connectivity index (χ4v) is 3.28. The van der Waals surface area contributed by atoms with Crippen molar-refractivity contribution in [3.05, 3.63) is 48.0 Å². The first kappa shape index (κ1) is 14.6. The highest BCUT2D eigenvalue weighted by Crippen LogP contribution is 2.23. The molecule has 2 aromatic carbocycles. The van der Waals surface area contributed by atoms with Crippen molar-refractivity contribution >= 4 is 26.7 Å². The number of fused-ring (bicyclic) bond motifs is 1. The SMILES string of the molecule is CCCCCCC(Br)Cc1cccc2ccccc12. The maximum absolute atomic E-state index is 3.85. The van der Waals surface area contributed by atoms with Crippen molar-refractivity contribution in [3.63, 3.8) is 0 Å². The molecule has 2 rings (SSSR count). The average molecular weight is 319 g/mol. The summed E-state index contributed by atoms with van der Waals surface area (Å²) in [5, 5.41) is 2.76. The van der Waals surface area contributed by atoms with Gasteiger partial charge in [0.15, 0.2) is 0 Å². The Morgan fingerprint density at radius 1 is 0.947 bits per heavy atom. The van der Waals surface area contributed by atoms with Gasteiger partial charge in [-0.2, -0.15) is 0 Å². The molecule has 0 saturated heterocycles. The maximum atomic E-state index is 3.85. The Morgan fingerprint density at radius 2 is 1.74 bits per heavy atom. The topological polar surface area (TPSA) is 0 Å². The second kappa shape index (κ2) is 7.69. The average Bonchev–Trinajstić information content (AvgIpc) is 2.44. The van der Waals surface area contributed by atoms with E-state index in [4.69, 9.17) is 0 Å². The molecule has 0 radical (unpaired) electrons. The summed E-state index contributed by atoms with van der Waals surface area (Å²) in [6.07, 6.45) is 7.81. The van der Waals surface area contributed by atoms with E-state index in [1.807, 2.05) is 0 Å². The molecule has 0 heterocycles. The van der Waals surface area contributed by atoms with Gasteiger partial charge in [-0.05, 0) is 29.2 Å². The summed E-state index contributed by atoms with van der Waals surface area (Å²) in [4.78, 5) is 0.607. The van der Waals surface area contributed by atoms with Gasteiger partial charge in [0.2, 0.25) is 0 Å². The fraction of sp³-hybridized carbons (Fsp3) is 0.444. The molecule has 0 bridgehead atoms. The molecule has 0 aliphatic carbocycles. The molecule has 1 unspecified atom stereocenters. The smallest absolute Gasteiger partial charge is 0.0186 e. The molecule has 1 heteroatoms. The summed E-state index contributed by atoms with van der Waals surface area (Å²) in [6.45, 7) is 2.27. The largest absolute Gasteiger partial charge is 0.0887 e. The predicted molar refractivity (Wildman–Crippen MR) is 89.1 cm³/mol. The standard InChI is InChI=1S/C18H23Br/c1-2-3-4-5-12-17(19)14-16-11-8-10-15-9-6-7-13-18(15)16/h6-11,13,17H,2-5,12,14H2,1H3. The summed E-state index contributed by atoms with van der Waals surface area (Å²) >= 11 is 3.85. The zero-order valence-corrected chi connectivity index (χ0v) is 13.3. The van der Waals surface area contributed by atoms with Crippen molar-refractivity contribution < 1.29 is 0 Å². The molecule has 1 atom stereocenters. The van der Waals surface area contributed by atoms with Gasteiger partial charge in [-0.25, -0.2) is 0 Å². The fourth-order valence-electron chi connectivity index (χ4n) is 2.60. The van der Waals surface area contributed by atoms with Gasteiger partial charge in [0.25, 0.3) is 0 Å². The zero-order valence-electron chi connectivity index (χ0n) is 11.7. The van der Waals surface area contributed by atoms with Gasteiger partial charge in [0.05, 0.1) is 0 Å². The minimum Gasteiger partial charge on any atom is -0.0887 e. The third kappa shape index (κ3) is 4.35. The van der Waals surface area contributed by atoms with Crippen LogP contribution < -0.4 is 0 Å². The third-order valence-corrected chi connectivity index (χ3v) is 4.47. The van der Waals surface area contributed by atoms with Crippen molar-refractivity contribution in [2.75, 3.05) is 0 Å². The molecular weight excluding hydrogens is 296 g/mol. The number of halogens is 1. The highest BCUT2D eigenvalue weighted by atomic mass is 79.9. The first-order valence-corrected chi connectivity index (χ1v) is 8.33. The second-order valence-electron chi connectivity index (χ2n) is 5.29. The Morgan fingerprint density at radius 3 is 2.58 bits per heavy atom. The molecule has 0 spiro atoms. The molecule has 0 amide bonds. The number of benzene rings is 2. The van der Waals surface area contributed by atoms with Crippen LogP contribution in [-0.4, -0.2) is 4.83 Å². The summed E-state index contributed by atoms with van der Waals surface area (Å²) in [5.41, 5.74) is 1.47. The normalized spacial score (nSPS) is 12.7. The lowest BCUT2D eigenvalue weighted by molar-refractivity contribution is 0.620. The summed E-state index contributed by atoms with van der Waals surface area (Å²) in [6, 6.07) is 15.3. The van der Waals surface area contributed by atoms with E-state index in [0.717, 1.165) is 6.42 Å². The van der Waals surface area contributed by atoms with Crippen molar-refractivity contribution in [1.82, 2.24) is 0 Å². The lowest BCUT2D eigenvalue weighted by Gasteiger charge is -2.12. The van der Waals surface area contributed by atoms with Crippen LogP contribution >= 0.6 is 15.9 Å². The molecule has 0 N–H and O–H groups in total. The molecule has 0 fully saturated rings. The van der Waals surface area contributed by atoms with E-state index in [1.54, 1.807) is 0 Å². The molecule has 0 nitrogen and oxygen atoms in total. The number of hydrogen-bond acceptors (Lipinski definition) is 0. The van der Waals surface area contributed by atoms with Crippen LogP contribution in [0.25, 0.3) is 10.8 Å². The third-order valence-electron chi connectivity index (χ3n) is 3.69. The Labute approximate surface area is 125 Å². The van der Waals surface area contributed by atoms with E-state index >= 15 is 0 Å². The second-order valence-corrected chi connectivity index (χ2v) is 6.58. The molecule has 0 aromatic heterocycles. The van der Waals surface area contributed by atoms with E-state index in [0.29, 0.717) is 4.83 Å². The van der Waals surface area contributed by atoms with Crippen LogP contribution in [0.15, 0.2) is 42.5 Å². The van der Waals surface area contributed by atoms with E-state index in [9.17, 15) is 0 Å². The Kier molecular flexibility index (Phi) is 5.91. The predicted octanol–water partition coefficient (Wildman–Crippen LogP) is 6.12. The van der Waals surface area contributed by atoms with Crippen molar-refractivity contribution in [2.24, 2.45) is 0 Å². The number of alkyl halides is 1. The monoisotopic (exact) mass is 318 g/mol. The summed E-state index contributed by atoms with van der Waals surface area (Å²) in [5.74, 6) is 0. The number of hydrogen-bond donors (Lipinski definition) is 0. The van der Waals surface area contributed by atoms with Crippen LogP contribution in [0.4, 0.5) is 0 Å². The van der Waals surface area contributed by atoms with Gasteiger partial charge in [0.1, 0.15) is 0 Å². The lowest BCUT2D eigenvalue weighted by Crippen LogP contribution is -2.03. The van der Waals surface area contributed by atoms with Gasteiger partial charge >= 0.3 is 0 Å². The van der Waals surface area contributed by atoms with Gasteiger partial charge in [0, 0.05) is 4.83 Å². The highest BCUT2D eigenvalue weighted by molar-refractivity contribution is 9.09. The summed E-state index contributed by atoms with van der Waals surface area (Å²) in [7, 11) is 0. The van der Waals surface area contributed by atoms with Crippen LogP contribution in [0.2, 0.25) is 0 Å². The van der Waals surface area contributed by atoms with Gasteiger partial charge in [-0.15, -0.1) is 0 Å². The maximum Gasteiger partial charge on any atom is 0.0186 e. The van der Waals surface area contributed by atoms with E-state index in [2.05, 4.69) is 65.3 Å². The van der Waals surface area contributed by atoms with Crippen LogP contribution in [0.5, 0.6) is 0 Å². The van der Waals surface area contributed by atoms with E-state index < -0.39 is 0 Å². The molecular formula is C18H23Br. The van der Waals surface area contributed by atoms with Gasteiger partial charge in [-0.3, -0.25) is 0 Å². The van der Waals surface area contributed by atoms with Crippen LogP contribution in [0.1, 0.15) is 44.6 Å². The van der Waals surface area contributed by atoms with Gasteiger partial charge in [-0.1, -0.05) is 91.0 Å². The molecule has 102 valence electrons. The highest BCUT2D eigenvalue weighted by Gasteiger charge is 2.07. The Bertz CT molecular complexity index is 499. The zero-order chi connectivity index (χ0) is 13.5.